The maximum atomic E-state index is 13.5. The van der Waals surface area contributed by atoms with Crippen LogP contribution in [0.5, 0.6) is 0 Å². The molecule has 0 aliphatic carbocycles. The predicted molar refractivity (Wildman–Crippen MR) is 118 cm³/mol. The van der Waals surface area contributed by atoms with Crippen molar-refractivity contribution in [3.05, 3.63) is 58.3 Å². The molecule has 3 rings (SSSR count). The number of rotatable bonds is 5. The van der Waals surface area contributed by atoms with Crippen molar-refractivity contribution in [3.63, 3.8) is 0 Å². The lowest BCUT2D eigenvalue weighted by atomic mass is 10.1. The zero-order valence-corrected chi connectivity index (χ0v) is 19.2. The van der Waals surface area contributed by atoms with Crippen molar-refractivity contribution < 1.29 is 27.2 Å². The number of hydrogen-bond donors (Lipinski definition) is 0. The lowest BCUT2D eigenvalue weighted by Crippen LogP contribution is -2.35. The standard InChI is InChI=1S/C23H25NO6S/c1-7-29-23(26)22-16(5)30-20-9-8-18(12-19(20)22)24(17(6)25)31(27,28)21-11-14(3)13(2)10-15(21)4/h8-12H,7H2,1-6H3. The summed E-state index contributed by atoms with van der Waals surface area (Å²) in [5, 5.41) is 0.381. The van der Waals surface area contributed by atoms with Gasteiger partial charge in [0.1, 0.15) is 16.9 Å². The molecule has 8 heteroatoms. The van der Waals surface area contributed by atoms with Gasteiger partial charge in [0.05, 0.1) is 17.2 Å². The van der Waals surface area contributed by atoms with Gasteiger partial charge in [-0.15, -0.1) is 0 Å². The number of nitrogens with zero attached hydrogens (tertiary/aromatic N) is 1. The Morgan fingerprint density at radius 2 is 1.65 bits per heavy atom. The molecule has 1 aromatic heterocycles. The molecule has 0 atom stereocenters. The second-order valence-corrected chi connectivity index (χ2v) is 9.18. The molecule has 7 nitrogen and oxygen atoms in total. The van der Waals surface area contributed by atoms with Crippen LogP contribution >= 0.6 is 0 Å². The zero-order valence-electron chi connectivity index (χ0n) is 18.4. The Morgan fingerprint density at radius 1 is 1.00 bits per heavy atom. The van der Waals surface area contributed by atoms with Gasteiger partial charge in [-0.1, -0.05) is 6.07 Å². The van der Waals surface area contributed by atoms with Gasteiger partial charge in [0, 0.05) is 12.3 Å². The number of carbonyl (C=O) groups excluding carboxylic acids is 2. The summed E-state index contributed by atoms with van der Waals surface area (Å²) in [6, 6.07) is 7.84. The molecule has 0 fully saturated rings. The summed E-state index contributed by atoms with van der Waals surface area (Å²) in [6.07, 6.45) is 0. The van der Waals surface area contributed by atoms with E-state index in [1.807, 2.05) is 13.8 Å². The third-order valence-corrected chi connectivity index (χ3v) is 7.10. The molecule has 0 aliphatic rings. The molecule has 0 unspecified atom stereocenters. The number of sulfonamides is 1. The van der Waals surface area contributed by atoms with Crippen LogP contribution in [0.2, 0.25) is 0 Å². The Kier molecular flexibility index (Phi) is 5.96. The van der Waals surface area contributed by atoms with Gasteiger partial charge in [-0.3, -0.25) is 4.79 Å². The minimum Gasteiger partial charge on any atom is -0.462 e. The highest BCUT2D eigenvalue weighted by molar-refractivity contribution is 7.93. The lowest BCUT2D eigenvalue weighted by molar-refractivity contribution is -0.115. The molecule has 0 aliphatic heterocycles. The van der Waals surface area contributed by atoms with E-state index in [4.69, 9.17) is 9.15 Å². The number of fused-ring (bicyclic) bond motifs is 1. The third-order valence-electron chi connectivity index (χ3n) is 5.16. The molecule has 0 saturated carbocycles. The van der Waals surface area contributed by atoms with Crippen molar-refractivity contribution in [3.8, 4) is 0 Å². The Balaban J connectivity index is 2.22. The SMILES string of the molecule is CCOC(=O)c1c(C)oc2ccc(N(C(C)=O)S(=O)(=O)c3cc(C)c(C)cc3C)cc12. The smallest absolute Gasteiger partial charge is 0.342 e. The summed E-state index contributed by atoms with van der Waals surface area (Å²) in [5.74, 6) is -0.888. The first-order chi connectivity index (χ1) is 14.5. The number of hydrogen-bond acceptors (Lipinski definition) is 6. The maximum absolute atomic E-state index is 13.5. The van der Waals surface area contributed by atoms with Crippen LogP contribution in [-0.2, 0) is 19.6 Å². The Bertz CT molecular complexity index is 1300. The molecule has 0 N–H and O–H groups in total. The van der Waals surface area contributed by atoms with Gasteiger partial charge in [0.15, 0.2) is 0 Å². The van der Waals surface area contributed by atoms with E-state index in [1.54, 1.807) is 39.0 Å². The second kappa shape index (κ2) is 8.19. The fourth-order valence-corrected chi connectivity index (χ4v) is 5.31. The first-order valence-electron chi connectivity index (χ1n) is 9.83. The number of anilines is 1. The average molecular weight is 444 g/mol. The van der Waals surface area contributed by atoms with Gasteiger partial charge in [0.25, 0.3) is 10.0 Å². The van der Waals surface area contributed by atoms with Crippen LogP contribution in [0.3, 0.4) is 0 Å². The van der Waals surface area contributed by atoms with Gasteiger partial charge < -0.3 is 9.15 Å². The van der Waals surface area contributed by atoms with Crippen molar-refractivity contribution in [2.24, 2.45) is 0 Å². The monoisotopic (exact) mass is 443 g/mol. The van der Waals surface area contributed by atoms with Crippen LogP contribution in [0.1, 0.15) is 46.7 Å². The minimum atomic E-state index is -4.19. The number of benzene rings is 2. The number of ether oxygens (including phenoxy) is 1. The van der Waals surface area contributed by atoms with Gasteiger partial charge in [0.2, 0.25) is 5.91 Å². The molecule has 3 aromatic rings. The van der Waals surface area contributed by atoms with E-state index in [-0.39, 0.29) is 22.8 Å². The molecule has 164 valence electrons. The van der Waals surface area contributed by atoms with Crippen LogP contribution in [0.4, 0.5) is 5.69 Å². The number of furan rings is 1. The molecule has 31 heavy (non-hydrogen) atoms. The summed E-state index contributed by atoms with van der Waals surface area (Å²) in [6.45, 7) is 10.1. The van der Waals surface area contributed by atoms with Crippen molar-refractivity contribution in [2.45, 2.75) is 46.4 Å². The van der Waals surface area contributed by atoms with Gasteiger partial charge >= 0.3 is 5.97 Å². The van der Waals surface area contributed by atoms with Gasteiger partial charge in [-0.05, 0) is 75.6 Å². The maximum Gasteiger partial charge on any atom is 0.342 e. The summed E-state index contributed by atoms with van der Waals surface area (Å²) >= 11 is 0. The van der Waals surface area contributed by atoms with Crippen LogP contribution in [0.15, 0.2) is 39.6 Å². The molecule has 0 spiro atoms. The summed E-state index contributed by atoms with van der Waals surface area (Å²) < 4.78 is 38.5. The van der Waals surface area contributed by atoms with E-state index in [9.17, 15) is 18.0 Å². The summed E-state index contributed by atoms with van der Waals surface area (Å²) in [7, 11) is -4.19. The van der Waals surface area contributed by atoms with E-state index in [1.165, 1.54) is 19.1 Å². The van der Waals surface area contributed by atoms with E-state index >= 15 is 0 Å². The second-order valence-electron chi connectivity index (χ2n) is 7.42. The lowest BCUT2D eigenvalue weighted by Gasteiger charge is -2.23. The first kappa shape index (κ1) is 22.6. The van der Waals surface area contributed by atoms with Gasteiger partial charge in [-0.25, -0.2) is 17.5 Å². The van der Waals surface area contributed by atoms with Crippen LogP contribution in [0, 0.1) is 27.7 Å². The first-order valence-corrected chi connectivity index (χ1v) is 11.3. The molecular formula is C23H25NO6S. The van der Waals surface area contributed by atoms with E-state index in [0.29, 0.717) is 22.3 Å². The Labute approximate surface area is 181 Å². The predicted octanol–water partition coefficient (Wildman–Crippen LogP) is 4.58. The van der Waals surface area contributed by atoms with E-state index in [2.05, 4.69) is 0 Å². The molecular weight excluding hydrogens is 418 g/mol. The highest BCUT2D eigenvalue weighted by Gasteiger charge is 2.31. The normalized spacial score (nSPS) is 11.5. The number of esters is 1. The minimum absolute atomic E-state index is 0.0555. The topological polar surface area (TPSA) is 93.9 Å². The fraction of sp³-hybridized carbons (Fsp3) is 0.304. The van der Waals surface area contributed by atoms with Crippen LogP contribution in [-0.4, -0.2) is 26.9 Å². The summed E-state index contributed by atoms with van der Waals surface area (Å²) in [4.78, 5) is 25.0. The van der Waals surface area contributed by atoms with Crippen molar-refractivity contribution in [2.75, 3.05) is 10.9 Å². The zero-order chi connectivity index (χ0) is 23.1. The third kappa shape index (κ3) is 3.95. The van der Waals surface area contributed by atoms with Crippen LogP contribution in [0.25, 0.3) is 11.0 Å². The summed E-state index contributed by atoms with van der Waals surface area (Å²) in [5.41, 5.74) is 3.03. The molecule has 0 bridgehead atoms. The number of carbonyl (C=O) groups is 2. The quantitative estimate of drug-likeness (QED) is 0.536. The highest BCUT2D eigenvalue weighted by atomic mass is 32.2. The molecule has 2 aromatic carbocycles. The highest BCUT2D eigenvalue weighted by Crippen LogP contribution is 2.33. The van der Waals surface area contributed by atoms with Crippen molar-refractivity contribution >= 4 is 38.6 Å². The number of aryl methyl sites for hydroxylation is 4. The largest absolute Gasteiger partial charge is 0.462 e. The van der Waals surface area contributed by atoms with Crippen LogP contribution < -0.4 is 4.31 Å². The van der Waals surface area contributed by atoms with Crippen molar-refractivity contribution in [1.29, 1.82) is 0 Å². The Morgan fingerprint density at radius 3 is 2.26 bits per heavy atom. The molecule has 0 saturated heterocycles. The molecule has 1 amide bonds. The fourth-order valence-electron chi connectivity index (χ4n) is 3.59. The van der Waals surface area contributed by atoms with Crippen molar-refractivity contribution in [1.82, 2.24) is 0 Å². The Hall–Kier alpha value is -3.13. The van der Waals surface area contributed by atoms with E-state index in [0.717, 1.165) is 15.4 Å². The molecule has 0 radical (unpaired) electrons. The van der Waals surface area contributed by atoms with Gasteiger partial charge in [-0.2, -0.15) is 0 Å². The number of amides is 1. The average Bonchev–Trinajstić information content (AvgIpc) is 2.99. The van der Waals surface area contributed by atoms with E-state index < -0.39 is 21.9 Å². The molecule has 1 heterocycles.